The molecule has 2 aliphatic heterocycles. The smallest absolute Gasteiger partial charge is 0.229 e. The maximum atomic E-state index is 6.05. The number of likely N-dealkylation sites (tertiary alicyclic amines) is 1. The van der Waals surface area contributed by atoms with Gasteiger partial charge in [-0.15, -0.1) is 0 Å². The molecule has 3 heterocycles. The molecule has 9 nitrogen and oxygen atoms in total. The van der Waals surface area contributed by atoms with Gasteiger partial charge >= 0.3 is 0 Å². The molecule has 2 N–H and O–H groups in total. The van der Waals surface area contributed by atoms with Gasteiger partial charge < -0.3 is 25.0 Å². The normalized spacial score (nSPS) is 16.9. The summed E-state index contributed by atoms with van der Waals surface area (Å²) < 4.78 is 11.5. The molecule has 0 spiro atoms. The van der Waals surface area contributed by atoms with Crippen LogP contribution in [0.4, 0.5) is 17.5 Å². The number of aromatic nitrogens is 2. The van der Waals surface area contributed by atoms with Crippen molar-refractivity contribution in [2.45, 2.75) is 19.3 Å². The number of ether oxygens (including phenoxy) is 2. The minimum Gasteiger partial charge on any atom is -0.493 e. The Morgan fingerprint density at radius 3 is 2.94 bits per heavy atom. The van der Waals surface area contributed by atoms with Crippen LogP contribution in [0.15, 0.2) is 75.9 Å². The number of anilines is 3. The quantitative estimate of drug-likeness (QED) is 0.405. The molecular formula is C26H36N7O2. The third kappa shape index (κ3) is 6.05. The first kappa shape index (κ1) is 23.0. The van der Waals surface area contributed by atoms with Crippen molar-refractivity contribution in [1.82, 2.24) is 14.9 Å². The van der Waals surface area contributed by atoms with Crippen LogP contribution in [0.2, 0.25) is 0 Å². The fourth-order valence-corrected chi connectivity index (χ4v) is 4.23. The molecule has 9 heteroatoms. The topological polar surface area (TPSA) is 96.3 Å². The summed E-state index contributed by atoms with van der Waals surface area (Å²) in [5.74, 6) is 2.64. The van der Waals surface area contributed by atoms with Gasteiger partial charge in [-0.25, -0.2) is 4.98 Å². The average molecular weight is 479 g/mol. The number of allylic oxidation sites excluding steroid dienone is 2. The Kier molecular flexibility index (Phi) is 7.33. The van der Waals surface area contributed by atoms with Crippen LogP contribution in [-0.4, -0.2) is 54.8 Å². The molecule has 1 fully saturated rings. The van der Waals surface area contributed by atoms with Gasteiger partial charge in [0.15, 0.2) is 11.5 Å². The maximum absolute atomic E-state index is 6.05. The Balaban J connectivity index is 0.00000169. The highest BCUT2D eigenvalue weighted by atomic mass is 16.5. The van der Waals surface area contributed by atoms with Crippen LogP contribution >= 0.6 is 0 Å². The summed E-state index contributed by atoms with van der Waals surface area (Å²) in [7, 11) is 1.65. The van der Waals surface area contributed by atoms with Crippen molar-refractivity contribution >= 4 is 17.5 Å². The molecule has 2 aromatic rings. The lowest BCUT2D eigenvalue weighted by Gasteiger charge is -2.16. The van der Waals surface area contributed by atoms with Gasteiger partial charge in [-0.2, -0.15) is 15.2 Å². The van der Waals surface area contributed by atoms with Crippen molar-refractivity contribution in [2.75, 3.05) is 50.5 Å². The van der Waals surface area contributed by atoms with E-state index in [-0.39, 0.29) is 4.28 Å². The Morgan fingerprint density at radius 1 is 1.14 bits per heavy atom. The first-order valence-electron chi connectivity index (χ1n) is 12.0. The van der Waals surface area contributed by atoms with E-state index in [0.29, 0.717) is 30.6 Å². The molecule has 0 atom stereocenters. The van der Waals surface area contributed by atoms with Gasteiger partial charge in [0.2, 0.25) is 5.95 Å². The lowest BCUT2D eigenvalue weighted by molar-refractivity contribution is 0.254. The molecule has 1 saturated heterocycles. The summed E-state index contributed by atoms with van der Waals surface area (Å²) >= 11 is 0. The van der Waals surface area contributed by atoms with E-state index in [2.05, 4.69) is 41.8 Å². The zero-order valence-corrected chi connectivity index (χ0v) is 19.9. The van der Waals surface area contributed by atoms with E-state index >= 15 is 0 Å². The molecule has 5 rings (SSSR count). The number of rotatable bonds is 11. The fourth-order valence-electron chi connectivity index (χ4n) is 4.23. The second-order valence-corrected chi connectivity index (χ2v) is 8.60. The molecule has 1 radical (unpaired) electrons. The van der Waals surface area contributed by atoms with E-state index < -0.39 is 0 Å². The van der Waals surface area contributed by atoms with E-state index in [4.69, 9.17) is 9.47 Å². The summed E-state index contributed by atoms with van der Waals surface area (Å²) in [5, 5.41) is 14.7. The lowest BCUT2D eigenvalue weighted by Crippen LogP contribution is -2.21. The Hall–Kier alpha value is -3.72. The van der Waals surface area contributed by atoms with Gasteiger partial charge in [-0.1, -0.05) is 6.08 Å². The zero-order chi connectivity index (χ0) is 23.9. The van der Waals surface area contributed by atoms with E-state index in [0.717, 1.165) is 41.3 Å². The Morgan fingerprint density at radius 2 is 2.06 bits per heavy atom. The molecule has 0 amide bonds. The molecular weight excluding hydrogens is 442 g/mol. The average Bonchev–Trinajstić information content (AvgIpc) is 3.58. The first-order valence-corrected chi connectivity index (χ1v) is 12.0. The van der Waals surface area contributed by atoms with Crippen LogP contribution in [0.1, 0.15) is 23.5 Å². The minimum atomic E-state index is 0. The van der Waals surface area contributed by atoms with Gasteiger partial charge in [0, 0.05) is 47.3 Å². The number of hydrogen-bond acceptors (Lipinski definition) is 9. The molecule has 0 saturated carbocycles. The first-order chi connectivity index (χ1) is 17.3. The summed E-state index contributed by atoms with van der Waals surface area (Å²) in [5.41, 5.74) is 3.87. The highest BCUT2D eigenvalue weighted by Gasteiger charge is 2.15. The number of azo groups is 1. The molecule has 187 valence electrons. The van der Waals surface area contributed by atoms with Gasteiger partial charge in [0.05, 0.1) is 25.6 Å². The summed E-state index contributed by atoms with van der Waals surface area (Å²) in [6.45, 7) is 4.75. The largest absolute Gasteiger partial charge is 0.493 e. The second-order valence-electron chi connectivity index (χ2n) is 8.60. The van der Waals surface area contributed by atoms with E-state index in [1.54, 1.807) is 19.5 Å². The van der Waals surface area contributed by atoms with Crippen molar-refractivity contribution < 1.29 is 13.8 Å². The molecule has 0 bridgehead atoms. The molecule has 1 aliphatic carbocycles. The van der Waals surface area contributed by atoms with Crippen molar-refractivity contribution in [2.24, 2.45) is 10.2 Å². The SMILES string of the molecule is COc1ccc(Nc2nccc(NCC3=C[CH]C4=CN=NC4=C3)n2)cc1OCCCN1CCCC1.[HH].[HH].[HH]. The maximum Gasteiger partial charge on any atom is 0.229 e. The van der Waals surface area contributed by atoms with Crippen molar-refractivity contribution in [3.05, 3.63) is 72.1 Å². The third-order valence-electron chi connectivity index (χ3n) is 6.08. The number of benzene rings is 1. The predicted molar refractivity (Wildman–Crippen MR) is 142 cm³/mol. The van der Waals surface area contributed by atoms with E-state index in [1.165, 1.54) is 25.9 Å². The van der Waals surface area contributed by atoms with Crippen LogP contribution in [0.5, 0.6) is 11.5 Å². The summed E-state index contributed by atoms with van der Waals surface area (Å²) in [6.07, 6.45) is 13.2. The summed E-state index contributed by atoms with van der Waals surface area (Å²) in [6, 6.07) is 7.58. The van der Waals surface area contributed by atoms with Crippen molar-refractivity contribution in [3.63, 3.8) is 0 Å². The van der Waals surface area contributed by atoms with Crippen LogP contribution in [0, 0.1) is 6.42 Å². The number of fused-ring (bicyclic) bond motifs is 1. The van der Waals surface area contributed by atoms with Gasteiger partial charge in [-0.05, 0) is 62.2 Å². The van der Waals surface area contributed by atoms with Crippen LogP contribution in [-0.2, 0) is 0 Å². The van der Waals surface area contributed by atoms with Gasteiger partial charge in [-0.3, -0.25) is 0 Å². The van der Waals surface area contributed by atoms with Crippen LogP contribution in [0.3, 0.4) is 0 Å². The second kappa shape index (κ2) is 11.1. The molecule has 0 unspecified atom stereocenters. The van der Waals surface area contributed by atoms with Crippen molar-refractivity contribution in [3.8, 4) is 11.5 Å². The predicted octanol–water partition coefficient (Wildman–Crippen LogP) is 5.62. The lowest BCUT2D eigenvalue weighted by atomic mass is 10.0. The van der Waals surface area contributed by atoms with Crippen LogP contribution < -0.4 is 20.1 Å². The standard InChI is InChI=1S/C26H30N7O2.3H2/c1-34-23-8-7-21(16-24(23)35-14-4-13-33-11-2-3-12-33)30-26-27-10-9-25(31-26)28-17-19-5-6-20-18-29-32-22(20)15-19;;;/h5-10,15-16,18H,2-4,11-14,17H2,1H3,(H2,27,28,30,31);3*1H. The summed E-state index contributed by atoms with van der Waals surface area (Å²) in [4.78, 5) is 11.4. The number of nitrogens with one attached hydrogen (secondary N) is 2. The highest BCUT2D eigenvalue weighted by molar-refractivity contribution is 5.60. The number of methoxy groups -OCH3 is 1. The third-order valence-corrected chi connectivity index (χ3v) is 6.08. The Labute approximate surface area is 210 Å². The highest BCUT2D eigenvalue weighted by Crippen LogP contribution is 2.31. The number of hydrogen-bond donors (Lipinski definition) is 2. The van der Waals surface area contributed by atoms with Gasteiger partial charge in [0.1, 0.15) is 5.82 Å². The number of nitrogens with zero attached hydrogens (tertiary/aromatic N) is 5. The zero-order valence-electron chi connectivity index (χ0n) is 19.9. The Bertz CT molecular complexity index is 1180. The van der Waals surface area contributed by atoms with Crippen molar-refractivity contribution in [1.29, 1.82) is 0 Å². The van der Waals surface area contributed by atoms with Gasteiger partial charge in [0.25, 0.3) is 0 Å². The molecule has 3 aliphatic rings. The molecule has 35 heavy (non-hydrogen) atoms. The monoisotopic (exact) mass is 478 g/mol. The minimum absolute atomic E-state index is 0. The van der Waals surface area contributed by atoms with E-state index in [9.17, 15) is 0 Å². The molecule has 1 aromatic carbocycles. The van der Waals surface area contributed by atoms with E-state index in [1.807, 2.05) is 36.8 Å². The fraction of sp³-hybridized carbons (Fsp3) is 0.346. The molecule has 1 aromatic heterocycles. The van der Waals surface area contributed by atoms with Crippen LogP contribution in [0.25, 0.3) is 0 Å².